The van der Waals surface area contributed by atoms with Crippen molar-refractivity contribution in [3.05, 3.63) is 0 Å². The highest BCUT2D eigenvalue weighted by atomic mass is 15.1. The molecule has 0 aromatic rings. The number of rotatable bonds is 5. The Bertz CT molecular complexity index is 107. The van der Waals surface area contributed by atoms with Crippen LogP contribution in [0.5, 0.6) is 0 Å². The minimum atomic E-state index is 0.849. The molecule has 66 valence electrons. The van der Waals surface area contributed by atoms with E-state index in [2.05, 4.69) is 26.1 Å². The summed E-state index contributed by atoms with van der Waals surface area (Å²) in [6.07, 6.45) is 4.16. The largest absolute Gasteiger partial charge is 0.311 e. The third kappa shape index (κ3) is 2.82. The van der Waals surface area contributed by atoms with Gasteiger partial charge in [0.1, 0.15) is 0 Å². The number of unbranched alkanes of at least 4 members (excludes halogenated alkanes) is 1. The van der Waals surface area contributed by atoms with Gasteiger partial charge in [0.15, 0.2) is 0 Å². The summed E-state index contributed by atoms with van der Waals surface area (Å²) in [6, 6.07) is 0.849. The summed E-state index contributed by atoms with van der Waals surface area (Å²) in [6.45, 7) is 8.30. The molecule has 0 aliphatic carbocycles. The molecule has 1 rings (SSSR count). The van der Waals surface area contributed by atoms with Crippen LogP contribution in [0.15, 0.2) is 0 Å². The van der Waals surface area contributed by atoms with E-state index in [1.54, 1.807) is 0 Å². The van der Waals surface area contributed by atoms with Crippen LogP contribution >= 0.6 is 0 Å². The lowest BCUT2D eigenvalue weighted by molar-refractivity contribution is 0.349. The van der Waals surface area contributed by atoms with Crippen LogP contribution in [0.3, 0.4) is 0 Å². The van der Waals surface area contributed by atoms with Gasteiger partial charge in [-0.05, 0) is 11.8 Å². The van der Waals surface area contributed by atoms with Crippen LogP contribution in [0.25, 0.3) is 0 Å². The van der Waals surface area contributed by atoms with Crippen LogP contribution < -0.4 is 5.32 Å². The molecular weight excluding hydrogens is 134 g/mol. The fourth-order valence-corrected chi connectivity index (χ4v) is 1.63. The van der Waals surface area contributed by atoms with Gasteiger partial charge in [0.05, 0.1) is 0 Å². The van der Waals surface area contributed by atoms with E-state index >= 15 is 0 Å². The second-order valence-electron chi connectivity index (χ2n) is 3.99. The zero-order valence-electron chi connectivity index (χ0n) is 8.06. The second-order valence-corrected chi connectivity index (χ2v) is 3.99. The first-order valence-corrected chi connectivity index (χ1v) is 4.99. The molecule has 0 spiro atoms. The minimum Gasteiger partial charge on any atom is -0.311 e. The molecule has 0 aromatic heterocycles. The fraction of sp³-hybridized carbons (Fsp3) is 1.00. The average Bonchev–Trinajstić information content (AvgIpc) is 2.81. The Hall–Kier alpha value is -0.0400. The van der Waals surface area contributed by atoms with Crippen molar-refractivity contribution in [2.24, 2.45) is 11.8 Å². The highest BCUT2D eigenvalue weighted by Gasteiger charge is 2.29. The molecule has 1 heteroatoms. The van der Waals surface area contributed by atoms with Crippen molar-refractivity contribution < 1.29 is 0 Å². The van der Waals surface area contributed by atoms with Crippen LogP contribution in [0, 0.1) is 11.8 Å². The predicted octanol–water partition coefficient (Wildman–Crippen LogP) is 2.42. The van der Waals surface area contributed by atoms with Gasteiger partial charge in [-0.1, -0.05) is 40.0 Å². The molecule has 0 radical (unpaired) electrons. The summed E-state index contributed by atoms with van der Waals surface area (Å²) in [4.78, 5) is 0. The third-order valence-corrected chi connectivity index (χ3v) is 2.99. The van der Waals surface area contributed by atoms with Gasteiger partial charge >= 0.3 is 0 Å². The zero-order valence-corrected chi connectivity index (χ0v) is 8.06. The minimum absolute atomic E-state index is 0.849. The van der Waals surface area contributed by atoms with E-state index in [0.717, 1.165) is 17.9 Å². The fourth-order valence-electron chi connectivity index (χ4n) is 1.63. The van der Waals surface area contributed by atoms with Crippen molar-refractivity contribution in [2.45, 2.75) is 46.1 Å². The van der Waals surface area contributed by atoms with Gasteiger partial charge in [-0.3, -0.25) is 0 Å². The second kappa shape index (κ2) is 4.10. The Labute approximate surface area is 70.6 Å². The highest BCUT2D eigenvalue weighted by Crippen LogP contribution is 2.24. The molecule has 1 aliphatic rings. The van der Waals surface area contributed by atoms with Crippen molar-refractivity contribution in [3.8, 4) is 0 Å². The van der Waals surface area contributed by atoms with Crippen LogP contribution in [-0.2, 0) is 0 Å². The summed E-state index contributed by atoms with van der Waals surface area (Å²) in [5, 5.41) is 3.39. The maximum atomic E-state index is 3.39. The average molecular weight is 155 g/mol. The van der Waals surface area contributed by atoms with Crippen molar-refractivity contribution in [2.75, 3.05) is 6.54 Å². The topological polar surface area (TPSA) is 21.9 Å². The molecule has 3 unspecified atom stereocenters. The van der Waals surface area contributed by atoms with Crippen molar-refractivity contribution in [1.82, 2.24) is 5.32 Å². The Morgan fingerprint density at radius 2 is 2.09 bits per heavy atom. The molecule has 0 amide bonds. The maximum Gasteiger partial charge on any atom is 0.0221 e. The molecule has 1 heterocycles. The van der Waals surface area contributed by atoms with Gasteiger partial charge in [-0.2, -0.15) is 0 Å². The van der Waals surface area contributed by atoms with Gasteiger partial charge in [0.2, 0.25) is 0 Å². The van der Waals surface area contributed by atoms with Crippen LogP contribution in [0.1, 0.15) is 40.0 Å². The molecule has 1 fully saturated rings. The Morgan fingerprint density at radius 1 is 1.45 bits per heavy atom. The molecule has 0 bridgehead atoms. The SMILES string of the molecule is CCCCC(C)C(C)C1CN1. The molecular formula is C10H21N. The summed E-state index contributed by atoms with van der Waals surface area (Å²) >= 11 is 0. The van der Waals surface area contributed by atoms with Gasteiger partial charge in [0, 0.05) is 12.6 Å². The zero-order chi connectivity index (χ0) is 8.27. The first-order chi connectivity index (χ1) is 5.25. The van der Waals surface area contributed by atoms with E-state index in [-0.39, 0.29) is 0 Å². The monoisotopic (exact) mass is 155 g/mol. The molecule has 1 nitrogen and oxygen atoms in total. The van der Waals surface area contributed by atoms with Gasteiger partial charge < -0.3 is 5.32 Å². The summed E-state index contributed by atoms with van der Waals surface area (Å²) in [5.74, 6) is 1.80. The Morgan fingerprint density at radius 3 is 2.55 bits per heavy atom. The lowest BCUT2D eigenvalue weighted by Crippen LogP contribution is -2.15. The van der Waals surface area contributed by atoms with Gasteiger partial charge in [0.25, 0.3) is 0 Å². The molecule has 3 atom stereocenters. The first kappa shape index (κ1) is 9.05. The smallest absolute Gasteiger partial charge is 0.0221 e. The Kier molecular flexibility index (Phi) is 3.38. The van der Waals surface area contributed by atoms with Crippen LogP contribution in [0.2, 0.25) is 0 Å². The number of hydrogen-bond acceptors (Lipinski definition) is 1. The van der Waals surface area contributed by atoms with E-state index < -0.39 is 0 Å². The highest BCUT2D eigenvalue weighted by molar-refractivity contribution is 4.89. The summed E-state index contributed by atoms with van der Waals surface area (Å²) < 4.78 is 0. The molecule has 1 saturated heterocycles. The van der Waals surface area contributed by atoms with E-state index in [1.807, 2.05) is 0 Å². The molecule has 0 aromatic carbocycles. The maximum absolute atomic E-state index is 3.39. The quantitative estimate of drug-likeness (QED) is 0.605. The van der Waals surface area contributed by atoms with Crippen LogP contribution in [-0.4, -0.2) is 12.6 Å². The Balaban J connectivity index is 2.11. The lowest BCUT2D eigenvalue weighted by atomic mass is 9.89. The van der Waals surface area contributed by atoms with Crippen LogP contribution in [0.4, 0.5) is 0 Å². The predicted molar refractivity (Wildman–Crippen MR) is 49.6 cm³/mol. The molecule has 1 aliphatic heterocycles. The normalized spacial score (nSPS) is 28.1. The van der Waals surface area contributed by atoms with E-state index in [4.69, 9.17) is 0 Å². The molecule has 1 N–H and O–H groups in total. The molecule has 0 saturated carbocycles. The van der Waals surface area contributed by atoms with Crippen molar-refractivity contribution >= 4 is 0 Å². The number of nitrogens with one attached hydrogen (secondary N) is 1. The van der Waals surface area contributed by atoms with Crippen molar-refractivity contribution in [1.29, 1.82) is 0 Å². The van der Waals surface area contributed by atoms with Crippen molar-refractivity contribution in [3.63, 3.8) is 0 Å². The first-order valence-electron chi connectivity index (χ1n) is 4.99. The summed E-state index contributed by atoms with van der Waals surface area (Å²) in [7, 11) is 0. The van der Waals surface area contributed by atoms with E-state index in [0.29, 0.717) is 0 Å². The van der Waals surface area contributed by atoms with Gasteiger partial charge in [-0.15, -0.1) is 0 Å². The third-order valence-electron chi connectivity index (χ3n) is 2.99. The van der Waals surface area contributed by atoms with E-state index in [1.165, 1.54) is 25.8 Å². The standard InChI is InChI=1S/C10H21N/c1-4-5-6-8(2)9(3)10-7-11-10/h8-11H,4-7H2,1-3H3. The van der Waals surface area contributed by atoms with E-state index in [9.17, 15) is 0 Å². The summed E-state index contributed by atoms with van der Waals surface area (Å²) in [5.41, 5.74) is 0. The lowest BCUT2D eigenvalue weighted by Gasteiger charge is -2.17. The number of hydrogen-bond donors (Lipinski definition) is 1. The van der Waals surface area contributed by atoms with Gasteiger partial charge in [-0.25, -0.2) is 0 Å². The molecule has 11 heavy (non-hydrogen) atoms.